The molecule has 3 aliphatic heterocycles. The first-order valence-corrected chi connectivity index (χ1v) is 8.99. The number of carbonyl (C=O) groups is 1. The lowest BCUT2D eigenvalue weighted by atomic mass is 9.94. The number of hydrogen-bond acceptors (Lipinski definition) is 2. The fourth-order valence-electron chi connectivity index (χ4n) is 4.24. The Morgan fingerprint density at radius 1 is 1.12 bits per heavy atom. The summed E-state index contributed by atoms with van der Waals surface area (Å²) in [4.78, 5) is 17.5. The number of aryl methyl sites for hydroxylation is 1. The van der Waals surface area contributed by atoms with Gasteiger partial charge in [-0.15, -0.1) is 0 Å². The van der Waals surface area contributed by atoms with Crippen LogP contribution in [0, 0.1) is 11.7 Å². The molecule has 0 aliphatic carbocycles. The SMILES string of the molecule is Cn1cccc1C(=O)N1C[C@H]2CC[C@@H]1CN(Cc1ccc(F)cc1)C2. The summed E-state index contributed by atoms with van der Waals surface area (Å²) in [6.07, 6.45) is 4.17. The summed E-state index contributed by atoms with van der Waals surface area (Å²) in [5, 5.41) is 0. The molecule has 1 aromatic heterocycles. The van der Waals surface area contributed by atoms with Crippen LogP contribution in [-0.4, -0.2) is 46.0 Å². The van der Waals surface area contributed by atoms with Crippen LogP contribution in [0.2, 0.25) is 0 Å². The number of hydrogen-bond donors (Lipinski definition) is 0. The van der Waals surface area contributed by atoms with Gasteiger partial charge in [-0.25, -0.2) is 4.39 Å². The molecule has 5 rings (SSSR count). The van der Waals surface area contributed by atoms with Gasteiger partial charge in [0.15, 0.2) is 0 Å². The molecule has 3 saturated heterocycles. The van der Waals surface area contributed by atoms with Crippen molar-refractivity contribution in [3.63, 3.8) is 0 Å². The molecule has 3 aliphatic rings. The summed E-state index contributed by atoms with van der Waals surface area (Å²) in [5.74, 6) is 0.466. The Morgan fingerprint density at radius 3 is 2.64 bits per heavy atom. The smallest absolute Gasteiger partial charge is 0.270 e. The zero-order valence-corrected chi connectivity index (χ0v) is 14.6. The highest BCUT2D eigenvalue weighted by Crippen LogP contribution is 2.30. The molecule has 1 aromatic carbocycles. The van der Waals surface area contributed by atoms with Crippen molar-refractivity contribution in [1.82, 2.24) is 14.4 Å². The normalized spacial score (nSPS) is 23.7. The molecule has 4 heterocycles. The van der Waals surface area contributed by atoms with E-state index >= 15 is 0 Å². The first kappa shape index (κ1) is 16.3. The lowest BCUT2D eigenvalue weighted by Gasteiger charge is -2.36. The summed E-state index contributed by atoms with van der Waals surface area (Å²) in [7, 11) is 1.92. The molecule has 0 spiro atoms. The largest absolute Gasteiger partial charge is 0.347 e. The van der Waals surface area contributed by atoms with E-state index in [1.165, 1.54) is 18.6 Å². The zero-order valence-electron chi connectivity index (χ0n) is 14.6. The molecule has 2 aromatic rings. The van der Waals surface area contributed by atoms with Gasteiger partial charge in [-0.2, -0.15) is 0 Å². The van der Waals surface area contributed by atoms with Crippen molar-refractivity contribution >= 4 is 5.91 Å². The van der Waals surface area contributed by atoms with Crippen molar-refractivity contribution in [2.45, 2.75) is 25.4 Å². The average Bonchev–Trinajstić information content (AvgIpc) is 2.84. The Morgan fingerprint density at radius 2 is 1.92 bits per heavy atom. The molecule has 0 saturated carbocycles. The number of nitrogens with zero attached hydrogens (tertiary/aromatic N) is 3. The van der Waals surface area contributed by atoms with Gasteiger partial charge in [0.1, 0.15) is 11.5 Å². The number of rotatable bonds is 3. The van der Waals surface area contributed by atoms with Crippen LogP contribution in [0.15, 0.2) is 42.6 Å². The Bertz CT molecular complexity index is 755. The molecule has 5 heteroatoms. The summed E-state index contributed by atoms with van der Waals surface area (Å²) < 4.78 is 15.0. The molecule has 132 valence electrons. The average molecular weight is 341 g/mol. The van der Waals surface area contributed by atoms with Crippen LogP contribution in [0.5, 0.6) is 0 Å². The standard InChI is InChI=1S/C20H24FN3O/c1-22-10-2-3-19(22)20(25)24-13-16-6-9-18(24)14-23(12-16)11-15-4-7-17(21)8-5-15/h2-5,7-8,10,16,18H,6,9,11-14H2,1H3/t16-,18+/m0/s1. The Hall–Kier alpha value is -2.14. The van der Waals surface area contributed by atoms with E-state index in [9.17, 15) is 9.18 Å². The van der Waals surface area contributed by atoms with E-state index in [0.29, 0.717) is 5.92 Å². The number of benzene rings is 1. The Balaban J connectivity index is 1.49. The number of halogens is 1. The molecule has 2 bridgehead atoms. The topological polar surface area (TPSA) is 28.5 Å². The minimum Gasteiger partial charge on any atom is -0.347 e. The second-order valence-electron chi connectivity index (χ2n) is 7.38. The fourth-order valence-corrected chi connectivity index (χ4v) is 4.24. The number of amides is 1. The molecular weight excluding hydrogens is 317 g/mol. The number of aromatic nitrogens is 1. The maximum atomic E-state index is 13.1. The highest BCUT2D eigenvalue weighted by atomic mass is 19.1. The molecule has 4 nitrogen and oxygen atoms in total. The lowest BCUT2D eigenvalue weighted by Crippen LogP contribution is -2.47. The summed E-state index contributed by atoms with van der Waals surface area (Å²) in [6.45, 7) is 3.56. The first-order valence-electron chi connectivity index (χ1n) is 8.99. The van der Waals surface area contributed by atoms with Crippen molar-refractivity contribution in [2.24, 2.45) is 13.0 Å². The minimum atomic E-state index is -0.195. The zero-order chi connectivity index (χ0) is 17.4. The maximum absolute atomic E-state index is 13.1. The van der Waals surface area contributed by atoms with E-state index in [4.69, 9.17) is 0 Å². The van der Waals surface area contributed by atoms with Crippen LogP contribution in [0.3, 0.4) is 0 Å². The van der Waals surface area contributed by atoms with Gasteiger partial charge in [0.05, 0.1) is 0 Å². The molecule has 25 heavy (non-hydrogen) atoms. The van der Waals surface area contributed by atoms with Crippen LogP contribution >= 0.6 is 0 Å². The van der Waals surface area contributed by atoms with E-state index in [-0.39, 0.29) is 17.8 Å². The maximum Gasteiger partial charge on any atom is 0.270 e. The Kier molecular flexibility index (Phi) is 4.34. The Labute approximate surface area is 147 Å². The van der Waals surface area contributed by atoms with Crippen LogP contribution in [0.25, 0.3) is 0 Å². The first-order chi connectivity index (χ1) is 12.1. The highest BCUT2D eigenvalue weighted by molar-refractivity contribution is 5.93. The third-order valence-electron chi connectivity index (χ3n) is 5.53. The number of piperidine rings is 1. The fraction of sp³-hybridized carbons (Fsp3) is 0.450. The quantitative estimate of drug-likeness (QED) is 0.859. The monoisotopic (exact) mass is 341 g/mol. The van der Waals surface area contributed by atoms with Gasteiger partial charge in [-0.1, -0.05) is 12.1 Å². The van der Waals surface area contributed by atoms with Crippen molar-refractivity contribution in [2.75, 3.05) is 19.6 Å². The van der Waals surface area contributed by atoms with E-state index in [0.717, 1.165) is 43.9 Å². The minimum absolute atomic E-state index is 0.144. The van der Waals surface area contributed by atoms with Gasteiger partial charge in [0.2, 0.25) is 0 Å². The highest BCUT2D eigenvalue weighted by Gasteiger charge is 2.37. The molecular formula is C20H24FN3O. The van der Waals surface area contributed by atoms with Gasteiger partial charge in [0, 0.05) is 45.5 Å². The summed E-state index contributed by atoms with van der Waals surface area (Å²) in [6, 6.07) is 10.8. The summed E-state index contributed by atoms with van der Waals surface area (Å²) >= 11 is 0. The van der Waals surface area contributed by atoms with E-state index in [1.807, 2.05) is 42.1 Å². The number of fused-ring (bicyclic) bond motifs is 4. The van der Waals surface area contributed by atoms with E-state index in [2.05, 4.69) is 9.80 Å². The van der Waals surface area contributed by atoms with Gasteiger partial charge in [-0.3, -0.25) is 9.69 Å². The van der Waals surface area contributed by atoms with Crippen molar-refractivity contribution in [3.8, 4) is 0 Å². The van der Waals surface area contributed by atoms with Gasteiger partial charge >= 0.3 is 0 Å². The molecule has 0 N–H and O–H groups in total. The molecule has 2 atom stereocenters. The molecule has 0 unspecified atom stereocenters. The van der Waals surface area contributed by atoms with E-state index < -0.39 is 0 Å². The van der Waals surface area contributed by atoms with E-state index in [1.54, 1.807) is 0 Å². The predicted octanol–water partition coefficient (Wildman–Crippen LogP) is 2.90. The van der Waals surface area contributed by atoms with Gasteiger partial charge < -0.3 is 9.47 Å². The number of carbonyl (C=O) groups excluding carboxylic acids is 1. The predicted molar refractivity (Wildman–Crippen MR) is 94.6 cm³/mol. The van der Waals surface area contributed by atoms with Crippen molar-refractivity contribution in [3.05, 3.63) is 59.7 Å². The van der Waals surface area contributed by atoms with Crippen LogP contribution in [0.4, 0.5) is 4.39 Å². The molecule has 0 radical (unpaired) electrons. The lowest BCUT2D eigenvalue weighted by molar-refractivity contribution is 0.0575. The van der Waals surface area contributed by atoms with Gasteiger partial charge in [0.25, 0.3) is 5.91 Å². The third kappa shape index (κ3) is 3.33. The van der Waals surface area contributed by atoms with Crippen LogP contribution in [0.1, 0.15) is 28.9 Å². The summed E-state index contributed by atoms with van der Waals surface area (Å²) in [5.41, 5.74) is 1.89. The molecule has 1 amide bonds. The third-order valence-corrected chi connectivity index (χ3v) is 5.53. The second kappa shape index (κ2) is 6.64. The van der Waals surface area contributed by atoms with Crippen molar-refractivity contribution in [1.29, 1.82) is 0 Å². The van der Waals surface area contributed by atoms with Crippen molar-refractivity contribution < 1.29 is 9.18 Å². The van der Waals surface area contributed by atoms with Crippen LogP contribution < -0.4 is 0 Å². The second-order valence-corrected chi connectivity index (χ2v) is 7.38. The van der Waals surface area contributed by atoms with Gasteiger partial charge in [-0.05, 0) is 48.6 Å². The molecule has 3 fully saturated rings. The van der Waals surface area contributed by atoms with Crippen LogP contribution in [-0.2, 0) is 13.6 Å².